The van der Waals surface area contributed by atoms with Crippen molar-refractivity contribution in [2.24, 2.45) is 5.41 Å². The maximum Gasteiger partial charge on any atom is 0.0586 e. The normalized spacial score (nSPS) is 22.3. The first-order chi connectivity index (χ1) is 8.71. The standard InChI is InChI=1S/C15H31NOS/c1-3-8-15(13-18,9-4-2)12-16-10-6-5-7-14(16)11-17/h14,17-18H,3-13H2,1-2H3. The number of piperidine rings is 1. The highest BCUT2D eigenvalue weighted by atomic mass is 32.1. The fourth-order valence-electron chi connectivity index (χ4n) is 3.46. The minimum absolute atomic E-state index is 0.320. The van der Waals surface area contributed by atoms with E-state index in [-0.39, 0.29) is 0 Å². The highest BCUT2D eigenvalue weighted by molar-refractivity contribution is 7.80. The number of thiol groups is 1. The average molecular weight is 273 g/mol. The van der Waals surface area contributed by atoms with Gasteiger partial charge in [0.25, 0.3) is 0 Å². The molecule has 0 radical (unpaired) electrons. The Labute approximate surface area is 119 Å². The summed E-state index contributed by atoms with van der Waals surface area (Å²) in [6.45, 7) is 7.15. The highest BCUT2D eigenvalue weighted by Gasteiger charge is 2.32. The summed E-state index contributed by atoms with van der Waals surface area (Å²) in [4.78, 5) is 2.53. The molecule has 0 aliphatic carbocycles. The summed E-state index contributed by atoms with van der Waals surface area (Å²) in [5.41, 5.74) is 0.359. The molecule has 3 heteroatoms. The largest absolute Gasteiger partial charge is 0.395 e. The van der Waals surface area contributed by atoms with Gasteiger partial charge in [-0.2, -0.15) is 12.6 Å². The van der Waals surface area contributed by atoms with E-state index in [1.54, 1.807) is 0 Å². The smallest absolute Gasteiger partial charge is 0.0586 e. The molecule has 1 aliphatic rings. The van der Waals surface area contributed by atoms with Crippen LogP contribution in [0.25, 0.3) is 0 Å². The fourth-order valence-corrected chi connectivity index (χ4v) is 3.87. The minimum atomic E-state index is 0.320. The second kappa shape index (κ2) is 8.44. The third kappa shape index (κ3) is 4.43. The molecule has 1 heterocycles. The van der Waals surface area contributed by atoms with Gasteiger partial charge in [-0.05, 0) is 43.4 Å². The molecule has 1 atom stereocenters. The van der Waals surface area contributed by atoms with E-state index in [0.717, 1.165) is 25.3 Å². The van der Waals surface area contributed by atoms with Crippen LogP contribution in [-0.4, -0.2) is 41.5 Å². The maximum absolute atomic E-state index is 9.53. The minimum Gasteiger partial charge on any atom is -0.395 e. The van der Waals surface area contributed by atoms with Crippen molar-refractivity contribution in [3.05, 3.63) is 0 Å². The Morgan fingerprint density at radius 3 is 2.39 bits per heavy atom. The Hall–Kier alpha value is 0.270. The Morgan fingerprint density at radius 1 is 1.22 bits per heavy atom. The van der Waals surface area contributed by atoms with E-state index in [1.165, 1.54) is 38.5 Å². The molecule has 0 bridgehead atoms. The van der Waals surface area contributed by atoms with Crippen LogP contribution in [0.3, 0.4) is 0 Å². The van der Waals surface area contributed by atoms with Crippen molar-refractivity contribution in [3.63, 3.8) is 0 Å². The molecule has 1 fully saturated rings. The first-order valence-corrected chi connectivity index (χ1v) is 8.30. The van der Waals surface area contributed by atoms with Crippen molar-refractivity contribution in [1.82, 2.24) is 4.90 Å². The molecule has 1 unspecified atom stereocenters. The highest BCUT2D eigenvalue weighted by Crippen LogP contribution is 2.34. The van der Waals surface area contributed by atoms with Gasteiger partial charge in [0.1, 0.15) is 0 Å². The second-order valence-electron chi connectivity index (χ2n) is 5.96. The summed E-state index contributed by atoms with van der Waals surface area (Å²) < 4.78 is 0. The van der Waals surface area contributed by atoms with E-state index in [0.29, 0.717) is 18.1 Å². The van der Waals surface area contributed by atoms with Crippen LogP contribution in [0.1, 0.15) is 58.8 Å². The molecular formula is C15H31NOS. The van der Waals surface area contributed by atoms with Crippen molar-refractivity contribution in [1.29, 1.82) is 0 Å². The number of rotatable bonds is 8. The topological polar surface area (TPSA) is 23.5 Å². The Morgan fingerprint density at radius 2 is 1.89 bits per heavy atom. The first-order valence-electron chi connectivity index (χ1n) is 7.67. The molecule has 0 aromatic carbocycles. The van der Waals surface area contributed by atoms with Gasteiger partial charge in [0.2, 0.25) is 0 Å². The molecule has 0 saturated carbocycles. The predicted octanol–water partition coefficient (Wildman–Crippen LogP) is 3.35. The molecule has 1 rings (SSSR count). The summed E-state index contributed by atoms with van der Waals surface area (Å²) in [5.74, 6) is 0.976. The third-order valence-electron chi connectivity index (χ3n) is 4.39. The summed E-state index contributed by atoms with van der Waals surface area (Å²) >= 11 is 4.64. The van der Waals surface area contributed by atoms with E-state index in [1.807, 2.05) is 0 Å². The van der Waals surface area contributed by atoms with Crippen LogP contribution in [0, 0.1) is 5.41 Å². The summed E-state index contributed by atoms with van der Waals surface area (Å²) in [5, 5.41) is 9.53. The second-order valence-corrected chi connectivity index (χ2v) is 6.28. The lowest BCUT2D eigenvalue weighted by Crippen LogP contribution is -2.48. The van der Waals surface area contributed by atoms with Crippen LogP contribution in [-0.2, 0) is 0 Å². The zero-order valence-electron chi connectivity index (χ0n) is 12.2. The number of hydrogen-bond acceptors (Lipinski definition) is 3. The molecule has 108 valence electrons. The quantitative estimate of drug-likeness (QED) is 0.663. The zero-order chi connectivity index (χ0) is 13.4. The zero-order valence-corrected chi connectivity index (χ0v) is 13.1. The van der Waals surface area contributed by atoms with E-state index >= 15 is 0 Å². The van der Waals surface area contributed by atoms with E-state index < -0.39 is 0 Å². The summed E-state index contributed by atoms with van der Waals surface area (Å²) in [6, 6.07) is 0.395. The molecule has 1 saturated heterocycles. The Bertz CT molecular complexity index is 217. The number of nitrogens with zero attached hydrogens (tertiary/aromatic N) is 1. The molecule has 0 aromatic rings. The number of likely N-dealkylation sites (tertiary alicyclic amines) is 1. The molecule has 0 aromatic heterocycles. The van der Waals surface area contributed by atoms with Crippen LogP contribution < -0.4 is 0 Å². The Balaban J connectivity index is 2.67. The molecule has 1 N–H and O–H groups in total. The van der Waals surface area contributed by atoms with Crippen molar-refractivity contribution in [3.8, 4) is 0 Å². The molecule has 0 spiro atoms. The SMILES string of the molecule is CCCC(CS)(CCC)CN1CCCCC1CO. The number of aliphatic hydroxyl groups excluding tert-OH is 1. The molecule has 1 aliphatic heterocycles. The number of aliphatic hydroxyl groups is 1. The first kappa shape index (κ1) is 16.3. The van der Waals surface area contributed by atoms with Crippen LogP contribution in [0.5, 0.6) is 0 Å². The van der Waals surface area contributed by atoms with Crippen LogP contribution >= 0.6 is 12.6 Å². The predicted molar refractivity (Wildman–Crippen MR) is 82.4 cm³/mol. The molecule has 18 heavy (non-hydrogen) atoms. The monoisotopic (exact) mass is 273 g/mol. The molecule has 0 amide bonds. The van der Waals surface area contributed by atoms with Gasteiger partial charge in [-0.25, -0.2) is 0 Å². The van der Waals surface area contributed by atoms with Crippen LogP contribution in [0.4, 0.5) is 0 Å². The van der Waals surface area contributed by atoms with E-state index in [2.05, 4.69) is 31.4 Å². The van der Waals surface area contributed by atoms with E-state index in [9.17, 15) is 5.11 Å². The van der Waals surface area contributed by atoms with Gasteiger partial charge >= 0.3 is 0 Å². The lowest BCUT2D eigenvalue weighted by molar-refractivity contribution is 0.0477. The van der Waals surface area contributed by atoms with Gasteiger partial charge < -0.3 is 5.11 Å². The lowest BCUT2D eigenvalue weighted by Gasteiger charge is -2.42. The summed E-state index contributed by atoms with van der Waals surface area (Å²) in [6.07, 6.45) is 8.72. The van der Waals surface area contributed by atoms with Gasteiger partial charge in [-0.15, -0.1) is 0 Å². The molecule has 2 nitrogen and oxygen atoms in total. The van der Waals surface area contributed by atoms with E-state index in [4.69, 9.17) is 0 Å². The van der Waals surface area contributed by atoms with Gasteiger partial charge in [0, 0.05) is 12.6 Å². The van der Waals surface area contributed by atoms with Gasteiger partial charge in [-0.1, -0.05) is 33.1 Å². The van der Waals surface area contributed by atoms with Gasteiger partial charge in [-0.3, -0.25) is 4.90 Å². The van der Waals surface area contributed by atoms with Crippen molar-refractivity contribution in [2.75, 3.05) is 25.4 Å². The van der Waals surface area contributed by atoms with Crippen molar-refractivity contribution in [2.45, 2.75) is 64.8 Å². The Kier molecular flexibility index (Phi) is 7.66. The van der Waals surface area contributed by atoms with Crippen molar-refractivity contribution < 1.29 is 5.11 Å². The number of hydrogen-bond donors (Lipinski definition) is 2. The van der Waals surface area contributed by atoms with Crippen LogP contribution in [0.2, 0.25) is 0 Å². The van der Waals surface area contributed by atoms with Crippen LogP contribution in [0.15, 0.2) is 0 Å². The third-order valence-corrected chi connectivity index (χ3v) is 5.07. The fraction of sp³-hybridized carbons (Fsp3) is 1.00. The average Bonchev–Trinajstić information content (AvgIpc) is 2.40. The van der Waals surface area contributed by atoms with Crippen molar-refractivity contribution >= 4 is 12.6 Å². The lowest BCUT2D eigenvalue weighted by atomic mass is 9.79. The van der Waals surface area contributed by atoms with Gasteiger partial charge in [0.15, 0.2) is 0 Å². The molecular weight excluding hydrogens is 242 g/mol. The maximum atomic E-state index is 9.53. The van der Waals surface area contributed by atoms with Gasteiger partial charge in [0.05, 0.1) is 6.61 Å². The summed E-state index contributed by atoms with van der Waals surface area (Å²) in [7, 11) is 0.